The maximum absolute atomic E-state index is 5.46. The van der Waals surface area contributed by atoms with Gasteiger partial charge in [-0.05, 0) is 58.3 Å². The molecule has 0 amide bonds. The molecule has 7 heteroatoms. The van der Waals surface area contributed by atoms with E-state index in [0.717, 1.165) is 81.4 Å². The van der Waals surface area contributed by atoms with E-state index in [9.17, 15) is 0 Å². The van der Waals surface area contributed by atoms with Gasteiger partial charge in [0.25, 0.3) is 0 Å². The third kappa shape index (κ3) is 5.64. The number of benzene rings is 9. The van der Waals surface area contributed by atoms with Crippen molar-refractivity contribution in [2.24, 2.45) is 0 Å². The van der Waals surface area contributed by atoms with Crippen molar-refractivity contribution < 1.29 is 0 Å². The van der Waals surface area contributed by atoms with Gasteiger partial charge in [0.05, 0.1) is 32.3 Å². The number of hydrogen-bond donors (Lipinski definition) is 0. The van der Waals surface area contributed by atoms with Crippen LogP contribution in [-0.4, -0.2) is 29.1 Å². The summed E-state index contributed by atoms with van der Waals surface area (Å²) in [6.07, 6.45) is 0. The summed E-state index contributed by atoms with van der Waals surface area (Å²) >= 11 is 1.66. The molecule has 0 aliphatic heterocycles. The minimum absolute atomic E-state index is 0.545. The second-order valence-electron chi connectivity index (χ2n) is 15.8. The van der Waals surface area contributed by atoms with Gasteiger partial charge in [-0.15, -0.1) is 11.3 Å². The van der Waals surface area contributed by atoms with E-state index in [-0.39, 0.29) is 0 Å². The highest BCUT2D eigenvalue weighted by Gasteiger charge is 2.24. The Kier molecular flexibility index (Phi) is 7.98. The Morgan fingerprint density at radius 2 is 0.937 bits per heavy atom. The topological polar surface area (TPSA) is 61.4 Å². The molecule has 13 aromatic rings. The minimum atomic E-state index is 0.545. The molecule has 0 saturated heterocycles. The number of nitrogens with zero attached hydrogens (tertiary/aromatic N) is 6. The zero-order valence-corrected chi connectivity index (χ0v) is 34.5. The Morgan fingerprint density at radius 1 is 0.365 bits per heavy atom. The maximum Gasteiger partial charge on any atom is 0.238 e. The SMILES string of the molecule is c1ccc(-c2nc(-c3cccc4nc(-c5ccccc5)sc34)nc(-n3c4ccccc4c4ccc5c6ccccc6n(-c6cccc(-c7cccc8ccccc78)c6)c5c43)n2)cc1. The van der Waals surface area contributed by atoms with Crippen molar-refractivity contribution in [1.29, 1.82) is 0 Å². The first-order valence-electron chi connectivity index (χ1n) is 21.1. The average molecular weight is 823 g/mol. The van der Waals surface area contributed by atoms with E-state index in [4.69, 9.17) is 19.9 Å². The standard InChI is InChI=1S/C56H34N6S/c1-3-17-36(18-4-1)53-58-54(46-28-15-29-47-52(46)63-55(57-47)37-19-5-2-6-20-37)60-56(59-53)62-49-31-12-10-26-43(49)45-33-32-44-42-25-9-11-30-48(42)61(50(44)51(45)62)39-23-13-22-38(34-39)41-27-14-21-35-16-7-8-24-40(35)41/h1-34H. The molecule has 4 aromatic heterocycles. The maximum atomic E-state index is 5.46. The molecule has 0 bridgehead atoms. The van der Waals surface area contributed by atoms with Crippen molar-refractivity contribution in [2.45, 2.75) is 0 Å². The molecule has 0 saturated carbocycles. The summed E-state index contributed by atoms with van der Waals surface area (Å²) in [5.74, 6) is 1.74. The largest absolute Gasteiger partial charge is 0.307 e. The van der Waals surface area contributed by atoms with Crippen LogP contribution < -0.4 is 0 Å². The van der Waals surface area contributed by atoms with Crippen molar-refractivity contribution in [3.05, 3.63) is 206 Å². The van der Waals surface area contributed by atoms with Gasteiger partial charge in [0, 0.05) is 43.9 Å². The van der Waals surface area contributed by atoms with Crippen LogP contribution in [0, 0.1) is 0 Å². The van der Waals surface area contributed by atoms with E-state index in [1.54, 1.807) is 11.3 Å². The van der Waals surface area contributed by atoms with Crippen LogP contribution in [0.2, 0.25) is 0 Å². The predicted molar refractivity (Wildman–Crippen MR) is 261 cm³/mol. The van der Waals surface area contributed by atoms with Crippen molar-refractivity contribution in [1.82, 2.24) is 29.1 Å². The van der Waals surface area contributed by atoms with Crippen LogP contribution in [0.25, 0.3) is 121 Å². The van der Waals surface area contributed by atoms with Crippen molar-refractivity contribution in [3.8, 4) is 56.1 Å². The third-order valence-electron chi connectivity index (χ3n) is 12.2. The number of hydrogen-bond acceptors (Lipinski definition) is 5. The molecule has 0 radical (unpaired) electrons. The lowest BCUT2D eigenvalue weighted by atomic mass is 9.98. The molecule has 0 unspecified atom stereocenters. The van der Waals surface area contributed by atoms with Gasteiger partial charge in [0.2, 0.25) is 5.95 Å². The fourth-order valence-corrected chi connectivity index (χ4v) is 10.5. The van der Waals surface area contributed by atoms with E-state index >= 15 is 0 Å². The first kappa shape index (κ1) is 35.5. The number of aromatic nitrogens is 6. The fraction of sp³-hybridized carbons (Fsp3) is 0. The molecule has 294 valence electrons. The Balaban J connectivity index is 1.12. The van der Waals surface area contributed by atoms with Gasteiger partial charge in [-0.25, -0.2) is 9.97 Å². The highest BCUT2D eigenvalue weighted by atomic mass is 32.1. The quantitative estimate of drug-likeness (QED) is 0.168. The van der Waals surface area contributed by atoms with Gasteiger partial charge in [-0.3, -0.25) is 4.57 Å². The van der Waals surface area contributed by atoms with E-state index in [0.29, 0.717) is 17.6 Å². The lowest BCUT2D eigenvalue weighted by Gasteiger charge is -2.14. The smallest absolute Gasteiger partial charge is 0.238 e. The van der Waals surface area contributed by atoms with Gasteiger partial charge in [-0.2, -0.15) is 9.97 Å². The van der Waals surface area contributed by atoms with E-state index in [2.05, 4.69) is 185 Å². The Bertz CT molecular complexity index is 3920. The number of para-hydroxylation sites is 2. The highest BCUT2D eigenvalue weighted by Crippen LogP contribution is 2.43. The summed E-state index contributed by atoms with van der Waals surface area (Å²) in [4.78, 5) is 21.1. The number of thiazole rings is 1. The Morgan fingerprint density at radius 3 is 1.71 bits per heavy atom. The van der Waals surface area contributed by atoms with Crippen LogP contribution >= 0.6 is 11.3 Å². The molecular formula is C56H34N6S. The second kappa shape index (κ2) is 14.2. The van der Waals surface area contributed by atoms with E-state index < -0.39 is 0 Å². The fourth-order valence-electron chi connectivity index (χ4n) is 9.40. The summed E-state index contributed by atoms with van der Waals surface area (Å²) < 4.78 is 5.72. The normalized spacial score (nSPS) is 11.8. The first-order chi connectivity index (χ1) is 31.2. The van der Waals surface area contributed by atoms with E-state index in [1.165, 1.54) is 21.7 Å². The first-order valence-corrected chi connectivity index (χ1v) is 21.9. The van der Waals surface area contributed by atoms with Crippen LogP contribution in [0.15, 0.2) is 206 Å². The molecule has 0 N–H and O–H groups in total. The zero-order chi connectivity index (χ0) is 41.4. The third-order valence-corrected chi connectivity index (χ3v) is 13.4. The molecule has 0 aliphatic carbocycles. The van der Waals surface area contributed by atoms with Crippen molar-refractivity contribution in [2.75, 3.05) is 0 Å². The molecule has 63 heavy (non-hydrogen) atoms. The molecule has 4 heterocycles. The predicted octanol–water partition coefficient (Wildman–Crippen LogP) is 14.5. The lowest BCUT2D eigenvalue weighted by Crippen LogP contribution is -2.07. The minimum Gasteiger partial charge on any atom is -0.307 e. The van der Waals surface area contributed by atoms with E-state index in [1.807, 2.05) is 30.3 Å². The average Bonchev–Trinajstić information content (AvgIpc) is 4.05. The number of fused-ring (bicyclic) bond motifs is 9. The zero-order valence-electron chi connectivity index (χ0n) is 33.7. The van der Waals surface area contributed by atoms with Crippen LogP contribution in [0.3, 0.4) is 0 Å². The molecular weight excluding hydrogens is 789 g/mol. The summed E-state index contributed by atoms with van der Waals surface area (Å²) in [5.41, 5.74) is 11.5. The summed E-state index contributed by atoms with van der Waals surface area (Å²) in [5, 5.41) is 7.97. The van der Waals surface area contributed by atoms with Crippen LogP contribution in [0.1, 0.15) is 0 Å². The lowest BCUT2D eigenvalue weighted by molar-refractivity contribution is 0.954. The number of rotatable bonds is 6. The Hall–Kier alpha value is -8.26. The monoisotopic (exact) mass is 822 g/mol. The second-order valence-corrected chi connectivity index (χ2v) is 16.8. The molecule has 0 spiro atoms. The van der Waals surface area contributed by atoms with Crippen molar-refractivity contribution in [3.63, 3.8) is 0 Å². The molecule has 0 fully saturated rings. The van der Waals surface area contributed by atoms with Gasteiger partial charge in [0.1, 0.15) is 5.01 Å². The van der Waals surface area contributed by atoms with Crippen molar-refractivity contribution >= 4 is 75.9 Å². The molecule has 9 aromatic carbocycles. The molecule has 0 aliphatic rings. The van der Waals surface area contributed by atoms with Crippen LogP contribution in [0.5, 0.6) is 0 Å². The summed E-state index contributed by atoms with van der Waals surface area (Å²) in [6, 6.07) is 72.8. The van der Waals surface area contributed by atoms with Gasteiger partial charge in [-0.1, -0.05) is 170 Å². The highest BCUT2D eigenvalue weighted by molar-refractivity contribution is 7.22. The van der Waals surface area contributed by atoms with Crippen LogP contribution in [0.4, 0.5) is 0 Å². The molecule has 6 nitrogen and oxygen atoms in total. The van der Waals surface area contributed by atoms with Gasteiger partial charge in [0.15, 0.2) is 11.6 Å². The molecule has 13 rings (SSSR count). The van der Waals surface area contributed by atoms with Gasteiger partial charge >= 0.3 is 0 Å². The van der Waals surface area contributed by atoms with Gasteiger partial charge < -0.3 is 4.57 Å². The molecule has 0 atom stereocenters. The summed E-state index contributed by atoms with van der Waals surface area (Å²) in [7, 11) is 0. The summed E-state index contributed by atoms with van der Waals surface area (Å²) in [6.45, 7) is 0. The van der Waals surface area contributed by atoms with Crippen LogP contribution in [-0.2, 0) is 0 Å². The Labute approximate surface area is 365 Å².